The zero-order valence-corrected chi connectivity index (χ0v) is 20.0. The highest BCUT2D eigenvalue weighted by molar-refractivity contribution is 5.77. The lowest BCUT2D eigenvalue weighted by Crippen LogP contribution is -2.36. The van der Waals surface area contributed by atoms with Gasteiger partial charge in [0.15, 0.2) is 5.82 Å². The van der Waals surface area contributed by atoms with E-state index >= 15 is 0 Å². The van der Waals surface area contributed by atoms with Crippen LogP contribution in [0.1, 0.15) is 55.5 Å². The molecule has 1 unspecified atom stereocenters. The lowest BCUT2D eigenvalue weighted by Gasteiger charge is -2.28. The summed E-state index contributed by atoms with van der Waals surface area (Å²) in [5.41, 5.74) is 3.58. The lowest BCUT2D eigenvalue weighted by atomic mass is 10.0. The molecule has 0 radical (unpaired) electrons. The Morgan fingerprint density at radius 1 is 1.34 bits per heavy atom. The normalized spacial score (nSPS) is 17.7. The monoisotopic (exact) mass is 484 g/mol. The van der Waals surface area contributed by atoms with E-state index in [1.165, 1.54) is 6.07 Å². The summed E-state index contributed by atoms with van der Waals surface area (Å²) in [4.78, 5) is 14.5. The Bertz CT molecular complexity index is 1210. The van der Waals surface area contributed by atoms with Crippen molar-refractivity contribution in [1.82, 2.24) is 24.5 Å². The zero-order valence-electron chi connectivity index (χ0n) is 20.0. The Morgan fingerprint density at radius 3 is 2.89 bits per heavy atom. The van der Waals surface area contributed by atoms with E-state index in [0.717, 1.165) is 24.1 Å². The predicted molar refractivity (Wildman–Crippen MR) is 128 cm³/mol. The number of carbonyl (C=O) groups excluding carboxylic acids is 1. The van der Waals surface area contributed by atoms with Crippen LogP contribution in [-0.2, 0) is 29.5 Å². The molecule has 1 fully saturated rings. The lowest BCUT2D eigenvalue weighted by molar-refractivity contribution is -0.132. The third-order valence-electron chi connectivity index (χ3n) is 6.72. The number of carbonyl (C=O) groups is 1. The van der Waals surface area contributed by atoms with Crippen LogP contribution in [0, 0.1) is 0 Å². The number of rotatable bonds is 7. The Hall–Kier alpha value is -3.27. The second-order valence-corrected chi connectivity index (χ2v) is 9.18. The smallest absolute Gasteiger partial charge is 0.264 e. The van der Waals surface area contributed by atoms with Gasteiger partial charge in [-0.15, -0.1) is 0 Å². The molecule has 1 atom stereocenters. The molecule has 1 aromatic carbocycles. The Kier molecular flexibility index (Phi) is 6.55. The van der Waals surface area contributed by atoms with Gasteiger partial charge in [-0.25, -0.2) is 8.78 Å². The number of hydrogen-bond acceptors (Lipinski definition) is 5. The van der Waals surface area contributed by atoms with Crippen LogP contribution >= 0.6 is 0 Å². The molecule has 4 heterocycles. The Labute approximate surface area is 202 Å². The fraction of sp³-hybridized carbons (Fsp3) is 0.480. The first-order chi connectivity index (χ1) is 16.9. The van der Waals surface area contributed by atoms with Crippen molar-refractivity contribution in [1.29, 1.82) is 0 Å². The van der Waals surface area contributed by atoms with Crippen molar-refractivity contribution < 1.29 is 18.3 Å². The van der Waals surface area contributed by atoms with Gasteiger partial charge in [0.2, 0.25) is 5.91 Å². The number of nitrogens with zero attached hydrogens (tertiary/aromatic N) is 5. The molecule has 1 amide bonds. The molecule has 1 N–H and O–H groups in total. The van der Waals surface area contributed by atoms with Crippen LogP contribution in [0.4, 0.5) is 20.3 Å². The number of benzene rings is 1. The quantitative estimate of drug-likeness (QED) is 0.530. The van der Waals surface area contributed by atoms with Crippen molar-refractivity contribution in [3.8, 4) is 11.1 Å². The van der Waals surface area contributed by atoms with Gasteiger partial charge in [-0.3, -0.25) is 14.2 Å². The fourth-order valence-electron chi connectivity index (χ4n) is 4.93. The number of fused-ring (bicyclic) bond motifs is 1. The van der Waals surface area contributed by atoms with E-state index in [1.807, 2.05) is 16.5 Å². The van der Waals surface area contributed by atoms with Gasteiger partial charge in [-0.2, -0.15) is 10.2 Å². The number of nitrogens with one attached hydrogen (secondary N) is 1. The van der Waals surface area contributed by atoms with Gasteiger partial charge in [0.05, 0.1) is 25.4 Å². The summed E-state index contributed by atoms with van der Waals surface area (Å²) in [6, 6.07) is 5.08. The molecule has 3 aromatic rings. The molecule has 186 valence electrons. The largest absolute Gasteiger partial charge is 0.379 e. The Morgan fingerprint density at radius 2 is 2.20 bits per heavy atom. The van der Waals surface area contributed by atoms with Crippen molar-refractivity contribution in [2.75, 3.05) is 25.1 Å². The fourth-order valence-corrected chi connectivity index (χ4v) is 4.93. The van der Waals surface area contributed by atoms with Crippen LogP contribution in [0.3, 0.4) is 0 Å². The first-order valence-corrected chi connectivity index (χ1v) is 12.1. The molecule has 2 aliphatic rings. The molecule has 8 nitrogen and oxygen atoms in total. The average molecular weight is 485 g/mol. The second-order valence-electron chi connectivity index (χ2n) is 9.18. The van der Waals surface area contributed by atoms with Gasteiger partial charge in [0.1, 0.15) is 0 Å². The van der Waals surface area contributed by atoms with E-state index in [9.17, 15) is 13.6 Å². The number of aromatic nitrogens is 4. The molecule has 10 heteroatoms. The van der Waals surface area contributed by atoms with Crippen molar-refractivity contribution >= 4 is 17.4 Å². The molecule has 1 saturated heterocycles. The molecule has 2 aromatic heterocycles. The topological polar surface area (TPSA) is 77.2 Å². The number of amides is 1. The molecule has 2 aliphatic heterocycles. The molecule has 5 rings (SSSR count). The zero-order chi connectivity index (χ0) is 24.5. The minimum absolute atomic E-state index is 0.0692. The van der Waals surface area contributed by atoms with Crippen molar-refractivity contribution in [3.05, 3.63) is 47.4 Å². The summed E-state index contributed by atoms with van der Waals surface area (Å²) in [5, 5.41) is 12.2. The van der Waals surface area contributed by atoms with Crippen molar-refractivity contribution in [3.63, 3.8) is 0 Å². The molecular weight excluding hydrogens is 454 g/mol. The molecule has 0 saturated carbocycles. The minimum atomic E-state index is -2.64. The maximum absolute atomic E-state index is 14.0. The second kappa shape index (κ2) is 9.77. The number of anilines is 2. The average Bonchev–Trinajstić information content (AvgIpc) is 3.59. The van der Waals surface area contributed by atoms with Gasteiger partial charge in [-0.1, -0.05) is 13.0 Å². The number of alkyl halides is 2. The van der Waals surface area contributed by atoms with E-state index in [2.05, 4.69) is 10.4 Å². The van der Waals surface area contributed by atoms with Crippen LogP contribution < -0.4 is 5.32 Å². The highest BCUT2D eigenvalue weighted by Gasteiger charge is 2.31. The summed E-state index contributed by atoms with van der Waals surface area (Å²) >= 11 is 0. The predicted octanol–water partition coefficient (Wildman–Crippen LogP) is 4.61. The highest BCUT2D eigenvalue weighted by Crippen LogP contribution is 2.36. The molecule has 0 bridgehead atoms. The minimum Gasteiger partial charge on any atom is -0.379 e. The van der Waals surface area contributed by atoms with Crippen molar-refractivity contribution in [2.24, 2.45) is 7.05 Å². The van der Waals surface area contributed by atoms with Crippen molar-refractivity contribution in [2.45, 2.75) is 51.6 Å². The van der Waals surface area contributed by atoms with Crippen LogP contribution in [0.2, 0.25) is 0 Å². The molecule has 0 spiro atoms. The highest BCUT2D eigenvalue weighted by atomic mass is 19.3. The van der Waals surface area contributed by atoms with Crippen LogP contribution in [0.25, 0.3) is 11.1 Å². The molecular formula is C25H30F2N6O2. The Balaban J connectivity index is 1.49. The summed E-state index contributed by atoms with van der Waals surface area (Å²) in [5.74, 6) is 0.733. The number of hydrogen-bond donors (Lipinski definition) is 1. The number of aryl methyl sites for hydroxylation is 1. The summed E-state index contributed by atoms with van der Waals surface area (Å²) in [6.07, 6.45) is 3.55. The summed E-state index contributed by atoms with van der Waals surface area (Å²) in [7, 11) is 1.75. The van der Waals surface area contributed by atoms with E-state index in [1.54, 1.807) is 36.3 Å². The standard InChI is InChI=1S/C25H30F2N6O2/c1-3-4-23(34)32-9-7-22-21(14-32)25(30-33(22)18-8-10-35-15-18)29-17-5-6-19(20(11-17)24(26)27)16-12-28-31(2)13-16/h5-6,11-13,18,24H,3-4,7-10,14-15H2,1-2H3,(H,29,30). The van der Waals surface area contributed by atoms with Gasteiger partial charge in [0, 0.05) is 67.3 Å². The number of ether oxygens (including phenoxy) is 1. The maximum atomic E-state index is 14.0. The summed E-state index contributed by atoms with van der Waals surface area (Å²) < 4.78 is 37.2. The van der Waals surface area contributed by atoms with Gasteiger partial charge in [0.25, 0.3) is 6.43 Å². The maximum Gasteiger partial charge on any atom is 0.264 e. The van der Waals surface area contributed by atoms with Gasteiger partial charge in [-0.05, 0) is 30.5 Å². The third-order valence-corrected chi connectivity index (χ3v) is 6.72. The van der Waals surface area contributed by atoms with Crippen LogP contribution in [0.5, 0.6) is 0 Å². The van der Waals surface area contributed by atoms with E-state index < -0.39 is 6.43 Å². The van der Waals surface area contributed by atoms with Crippen LogP contribution in [0.15, 0.2) is 30.6 Å². The van der Waals surface area contributed by atoms with E-state index in [-0.39, 0.29) is 17.5 Å². The number of halogens is 2. The first-order valence-electron chi connectivity index (χ1n) is 12.1. The van der Waals surface area contributed by atoms with E-state index in [4.69, 9.17) is 9.84 Å². The molecule has 35 heavy (non-hydrogen) atoms. The third kappa shape index (κ3) is 4.67. The SMILES string of the molecule is CCCC(=O)N1CCc2c(c(Nc3ccc(-c4cnn(C)c4)c(C(F)F)c3)nn2C2CCOC2)C1. The van der Waals surface area contributed by atoms with Crippen LogP contribution in [-0.4, -0.2) is 50.1 Å². The van der Waals surface area contributed by atoms with Gasteiger partial charge < -0.3 is 15.0 Å². The van der Waals surface area contributed by atoms with Gasteiger partial charge >= 0.3 is 0 Å². The van der Waals surface area contributed by atoms with E-state index in [0.29, 0.717) is 61.8 Å². The molecule has 0 aliphatic carbocycles. The summed E-state index contributed by atoms with van der Waals surface area (Å²) in [6.45, 7) is 4.39. The first kappa shape index (κ1) is 23.5.